The summed E-state index contributed by atoms with van der Waals surface area (Å²) < 4.78 is 3.11. The zero-order chi connectivity index (χ0) is 20.8. The molecule has 4 rings (SSSR count). The van der Waals surface area contributed by atoms with Gasteiger partial charge >= 0.3 is 0 Å². The molecule has 29 heavy (non-hydrogen) atoms. The standard InChI is InChI=1S/C20H18Cl2N6O/c1-20(2,3)13-6-4-12(5-7-13)19(29)25-14-10-28-15(24-14)8-9-16(26-28)27-11-23-17(21)18(27)22/h4-11H,1-3H3,(H,25,29). The molecule has 4 aromatic rings. The van der Waals surface area contributed by atoms with Crippen LogP contribution in [-0.4, -0.2) is 30.1 Å². The third kappa shape index (κ3) is 3.83. The molecule has 0 bridgehead atoms. The highest BCUT2D eigenvalue weighted by molar-refractivity contribution is 6.40. The number of imidazole rings is 2. The number of rotatable bonds is 3. The summed E-state index contributed by atoms with van der Waals surface area (Å²) in [4.78, 5) is 20.9. The summed E-state index contributed by atoms with van der Waals surface area (Å²) in [6.07, 6.45) is 3.12. The molecule has 1 amide bonds. The number of hydrogen-bond acceptors (Lipinski definition) is 4. The maximum absolute atomic E-state index is 12.6. The Morgan fingerprint density at radius 1 is 1.07 bits per heavy atom. The lowest BCUT2D eigenvalue weighted by molar-refractivity contribution is 0.102. The van der Waals surface area contributed by atoms with Crippen LogP contribution in [0.25, 0.3) is 11.5 Å². The first kappa shape index (κ1) is 19.4. The number of fused-ring (bicyclic) bond motifs is 1. The molecule has 1 N–H and O–H groups in total. The molecule has 0 aliphatic heterocycles. The second-order valence-electron chi connectivity index (χ2n) is 7.60. The lowest BCUT2D eigenvalue weighted by atomic mass is 9.87. The molecule has 0 aliphatic carbocycles. The van der Waals surface area contributed by atoms with E-state index in [2.05, 4.69) is 41.2 Å². The average molecular weight is 429 g/mol. The fourth-order valence-electron chi connectivity index (χ4n) is 2.84. The number of hydrogen-bond donors (Lipinski definition) is 1. The number of aromatic nitrogens is 5. The van der Waals surface area contributed by atoms with Crippen molar-refractivity contribution in [3.05, 3.63) is 70.4 Å². The highest BCUT2D eigenvalue weighted by atomic mass is 35.5. The first-order valence-corrected chi connectivity index (χ1v) is 9.65. The molecule has 3 aromatic heterocycles. The van der Waals surface area contributed by atoms with Crippen LogP contribution in [0.1, 0.15) is 36.7 Å². The van der Waals surface area contributed by atoms with E-state index in [0.29, 0.717) is 22.8 Å². The van der Waals surface area contributed by atoms with Crippen LogP contribution < -0.4 is 5.32 Å². The summed E-state index contributed by atoms with van der Waals surface area (Å²) >= 11 is 12.0. The molecule has 0 spiro atoms. The lowest BCUT2D eigenvalue weighted by Crippen LogP contribution is -2.14. The monoisotopic (exact) mass is 428 g/mol. The number of carbonyl (C=O) groups excluding carboxylic acids is 1. The van der Waals surface area contributed by atoms with E-state index in [-0.39, 0.29) is 21.6 Å². The molecule has 1 aromatic carbocycles. The minimum atomic E-state index is -0.237. The Morgan fingerprint density at radius 3 is 2.41 bits per heavy atom. The zero-order valence-corrected chi connectivity index (χ0v) is 17.5. The minimum Gasteiger partial charge on any atom is -0.305 e. The Labute approximate surface area is 177 Å². The topological polar surface area (TPSA) is 77.1 Å². The molecule has 0 fully saturated rings. The maximum Gasteiger partial charge on any atom is 0.256 e. The number of halogens is 2. The van der Waals surface area contributed by atoms with Crippen LogP contribution in [0.5, 0.6) is 0 Å². The largest absolute Gasteiger partial charge is 0.305 e. The van der Waals surface area contributed by atoms with Gasteiger partial charge in [0.2, 0.25) is 0 Å². The highest BCUT2D eigenvalue weighted by Crippen LogP contribution is 2.24. The predicted octanol–water partition coefficient (Wildman–Crippen LogP) is 4.77. The van der Waals surface area contributed by atoms with Gasteiger partial charge in [-0.25, -0.2) is 14.5 Å². The van der Waals surface area contributed by atoms with Gasteiger partial charge in [0.15, 0.2) is 27.6 Å². The Bertz CT molecular complexity index is 1200. The van der Waals surface area contributed by atoms with Crippen molar-refractivity contribution in [3.8, 4) is 5.82 Å². The normalized spacial score (nSPS) is 11.8. The quantitative estimate of drug-likeness (QED) is 0.509. The number of benzene rings is 1. The van der Waals surface area contributed by atoms with Crippen LogP contribution >= 0.6 is 23.2 Å². The van der Waals surface area contributed by atoms with Crippen molar-refractivity contribution in [3.63, 3.8) is 0 Å². The van der Waals surface area contributed by atoms with Crippen LogP contribution in [-0.2, 0) is 5.41 Å². The Hall–Kier alpha value is -2.90. The summed E-state index contributed by atoms with van der Waals surface area (Å²) in [6, 6.07) is 11.1. The second-order valence-corrected chi connectivity index (χ2v) is 8.31. The highest BCUT2D eigenvalue weighted by Gasteiger charge is 2.15. The molecular weight excluding hydrogens is 411 g/mol. The van der Waals surface area contributed by atoms with Gasteiger partial charge in [0.05, 0.1) is 6.20 Å². The van der Waals surface area contributed by atoms with E-state index in [1.54, 1.807) is 27.4 Å². The Morgan fingerprint density at radius 2 is 1.79 bits per heavy atom. The van der Waals surface area contributed by atoms with Crippen molar-refractivity contribution in [2.45, 2.75) is 26.2 Å². The van der Waals surface area contributed by atoms with Crippen LogP contribution in [0, 0.1) is 0 Å². The molecule has 0 unspecified atom stereocenters. The molecule has 0 saturated carbocycles. The SMILES string of the molecule is CC(C)(C)c1ccc(C(=O)Nc2cn3nc(-n4cnc(Cl)c4Cl)ccc3n2)cc1. The van der Waals surface area contributed by atoms with Crippen LogP contribution in [0.2, 0.25) is 10.3 Å². The molecule has 3 heterocycles. The molecule has 0 atom stereocenters. The van der Waals surface area contributed by atoms with E-state index in [4.69, 9.17) is 23.2 Å². The van der Waals surface area contributed by atoms with Crippen molar-refractivity contribution in [2.75, 3.05) is 5.32 Å². The third-order valence-corrected chi connectivity index (χ3v) is 5.21. The van der Waals surface area contributed by atoms with Gasteiger partial charge in [0, 0.05) is 5.56 Å². The van der Waals surface area contributed by atoms with Crippen molar-refractivity contribution in [2.24, 2.45) is 0 Å². The first-order valence-electron chi connectivity index (χ1n) is 8.89. The van der Waals surface area contributed by atoms with E-state index in [1.807, 2.05) is 24.3 Å². The van der Waals surface area contributed by atoms with E-state index in [1.165, 1.54) is 6.33 Å². The predicted molar refractivity (Wildman–Crippen MR) is 113 cm³/mol. The number of anilines is 1. The van der Waals surface area contributed by atoms with Crippen LogP contribution in [0.15, 0.2) is 48.9 Å². The molecule has 0 aliphatic rings. The zero-order valence-electron chi connectivity index (χ0n) is 16.0. The van der Waals surface area contributed by atoms with Gasteiger partial charge in [-0.05, 0) is 35.2 Å². The number of carbonyl (C=O) groups is 1. The van der Waals surface area contributed by atoms with Gasteiger partial charge in [0.25, 0.3) is 5.91 Å². The van der Waals surface area contributed by atoms with Gasteiger partial charge in [-0.15, -0.1) is 5.10 Å². The molecule has 7 nitrogen and oxygen atoms in total. The number of nitrogens with one attached hydrogen (secondary N) is 1. The second kappa shape index (κ2) is 7.17. The summed E-state index contributed by atoms with van der Waals surface area (Å²) in [5.41, 5.74) is 2.33. The van der Waals surface area contributed by atoms with Gasteiger partial charge in [0.1, 0.15) is 6.33 Å². The van der Waals surface area contributed by atoms with Crippen LogP contribution in [0.3, 0.4) is 0 Å². The van der Waals surface area contributed by atoms with Gasteiger partial charge in [-0.3, -0.25) is 9.36 Å². The van der Waals surface area contributed by atoms with Gasteiger partial charge in [-0.2, -0.15) is 0 Å². The summed E-state index contributed by atoms with van der Waals surface area (Å²) in [7, 11) is 0. The maximum atomic E-state index is 12.6. The molecular formula is C20H18Cl2N6O. The van der Waals surface area contributed by atoms with Gasteiger partial charge < -0.3 is 5.32 Å². The van der Waals surface area contributed by atoms with Crippen LogP contribution in [0.4, 0.5) is 5.82 Å². The Balaban J connectivity index is 1.57. The summed E-state index contributed by atoms with van der Waals surface area (Å²) in [5, 5.41) is 7.71. The molecule has 9 heteroatoms. The molecule has 0 saturated heterocycles. The van der Waals surface area contributed by atoms with Gasteiger partial charge in [-0.1, -0.05) is 56.1 Å². The Kier molecular flexibility index (Phi) is 4.80. The number of amides is 1. The van der Waals surface area contributed by atoms with E-state index >= 15 is 0 Å². The summed E-state index contributed by atoms with van der Waals surface area (Å²) in [5.74, 6) is 0.683. The van der Waals surface area contributed by atoms with E-state index in [9.17, 15) is 4.79 Å². The average Bonchev–Trinajstić information content (AvgIpc) is 3.23. The van der Waals surface area contributed by atoms with Crippen molar-refractivity contribution < 1.29 is 4.79 Å². The van der Waals surface area contributed by atoms with Crippen molar-refractivity contribution >= 4 is 40.6 Å². The lowest BCUT2D eigenvalue weighted by Gasteiger charge is -2.18. The fraction of sp³-hybridized carbons (Fsp3) is 0.200. The smallest absolute Gasteiger partial charge is 0.256 e. The minimum absolute atomic E-state index is 0.0301. The summed E-state index contributed by atoms with van der Waals surface area (Å²) in [6.45, 7) is 6.39. The third-order valence-electron chi connectivity index (χ3n) is 4.48. The van der Waals surface area contributed by atoms with Crippen molar-refractivity contribution in [1.29, 1.82) is 0 Å². The van der Waals surface area contributed by atoms with E-state index in [0.717, 1.165) is 5.56 Å². The first-order chi connectivity index (χ1) is 13.7. The fourth-order valence-corrected chi connectivity index (χ4v) is 3.16. The molecule has 148 valence electrons. The molecule has 0 radical (unpaired) electrons. The van der Waals surface area contributed by atoms with E-state index < -0.39 is 0 Å². The number of nitrogens with zero attached hydrogens (tertiary/aromatic N) is 5. The van der Waals surface area contributed by atoms with Crippen molar-refractivity contribution in [1.82, 2.24) is 24.1 Å².